The van der Waals surface area contributed by atoms with Gasteiger partial charge in [-0.2, -0.15) is 0 Å². The van der Waals surface area contributed by atoms with Gasteiger partial charge in [0.1, 0.15) is 0 Å². The molecule has 2 heterocycles. The van der Waals surface area contributed by atoms with E-state index < -0.39 is 0 Å². The molecule has 3 aromatic rings. The SMILES string of the molecule is O=C(Cc1ccc(Cl)cc1Cl)NCc1cn2ccsc2n1. The minimum atomic E-state index is -0.101. The topological polar surface area (TPSA) is 46.4 Å². The largest absolute Gasteiger partial charge is 0.350 e. The lowest BCUT2D eigenvalue weighted by molar-refractivity contribution is -0.120. The van der Waals surface area contributed by atoms with E-state index in [0.29, 0.717) is 16.6 Å². The average Bonchev–Trinajstić information content (AvgIpc) is 3.00. The van der Waals surface area contributed by atoms with Gasteiger partial charge in [0.05, 0.1) is 18.7 Å². The van der Waals surface area contributed by atoms with Crippen molar-refractivity contribution < 1.29 is 4.79 Å². The van der Waals surface area contributed by atoms with Gasteiger partial charge in [0.25, 0.3) is 0 Å². The molecule has 0 atom stereocenters. The fourth-order valence-corrected chi connectivity index (χ4v) is 3.15. The van der Waals surface area contributed by atoms with Crippen LogP contribution in [0.25, 0.3) is 4.96 Å². The van der Waals surface area contributed by atoms with Crippen LogP contribution in [0.4, 0.5) is 0 Å². The molecule has 1 N–H and O–H groups in total. The van der Waals surface area contributed by atoms with Crippen molar-refractivity contribution >= 4 is 45.4 Å². The predicted octanol–water partition coefficient (Wildman–Crippen LogP) is 3.56. The molecule has 1 amide bonds. The maximum Gasteiger partial charge on any atom is 0.224 e. The highest BCUT2D eigenvalue weighted by atomic mass is 35.5. The summed E-state index contributed by atoms with van der Waals surface area (Å²) in [5, 5.41) is 5.86. The Morgan fingerprint density at radius 3 is 3.00 bits per heavy atom. The van der Waals surface area contributed by atoms with Crippen LogP contribution in [-0.4, -0.2) is 15.3 Å². The number of thiazole rings is 1. The highest BCUT2D eigenvalue weighted by molar-refractivity contribution is 7.15. The number of hydrogen-bond donors (Lipinski definition) is 1. The maximum absolute atomic E-state index is 11.9. The summed E-state index contributed by atoms with van der Waals surface area (Å²) in [5.74, 6) is -0.101. The fourth-order valence-electron chi connectivity index (χ4n) is 1.95. The van der Waals surface area contributed by atoms with Crippen LogP contribution in [0.3, 0.4) is 0 Å². The van der Waals surface area contributed by atoms with Crippen molar-refractivity contribution in [1.82, 2.24) is 14.7 Å². The maximum atomic E-state index is 11.9. The average molecular weight is 340 g/mol. The Bertz CT molecular complexity index is 768. The van der Waals surface area contributed by atoms with Gasteiger partial charge in [-0.25, -0.2) is 4.98 Å². The zero-order valence-corrected chi connectivity index (χ0v) is 13.2. The molecule has 4 nitrogen and oxygen atoms in total. The van der Waals surface area contributed by atoms with Crippen molar-refractivity contribution in [2.45, 2.75) is 13.0 Å². The van der Waals surface area contributed by atoms with Gasteiger partial charge in [0.15, 0.2) is 4.96 Å². The summed E-state index contributed by atoms with van der Waals surface area (Å²) in [6.07, 6.45) is 4.06. The van der Waals surface area contributed by atoms with E-state index in [0.717, 1.165) is 16.2 Å². The van der Waals surface area contributed by atoms with Crippen LogP contribution in [-0.2, 0) is 17.8 Å². The van der Waals surface area contributed by atoms with Crippen LogP contribution in [0, 0.1) is 0 Å². The molecule has 108 valence electrons. The van der Waals surface area contributed by atoms with Gasteiger partial charge >= 0.3 is 0 Å². The minimum absolute atomic E-state index is 0.101. The number of halogens is 2. The van der Waals surface area contributed by atoms with Crippen molar-refractivity contribution in [3.8, 4) is 0 Å². The summed E-state index contributed by atoms with van der Waals surface area (Å²) in [6, 6.07) is 5.12. The minimum Gasteiger partial charge on any atom is -0.350 e. The standard InChI is InChI=1S/C14H11Cl2N3OS/c15-10-2-1-9(12(16)6-10)5-13(20)17-7-11-8-19-3-4-21-14(19)18-11/h1-4,6,8H,5,7H2,(H,17,20). The highest BCUT2D eigenvalue weighted by Gasteiger charge is 2.09. The molecule has 0 aliphatic rings. The normalized spacial score (nSPS) is 11.0. The molecule has 7 heteroatoms. The molecule has 1 aromatic carbocycles. The highest BCUT2D eigenvalue weighted by Crippen LogP contribution is 2.21. The third-order valence-corrected chi connectivity index (χ3v) is 4.33. The van der Waals surface area contributed by atoms with E-state index in [2.05, 4.69) is 10.3 Å². The van der Waals surface area contributed by atoms with Crippen molar-refractivity contribution in [2.75, 3.05) is 0 Å². The summed E-state index contributed by atoms with van der Waals surface area (Å²) in [4.78, 5) is 17.3. The Morgan fingerprint density at radius 2 is 2.24 bits per heavy atom. The van der Waals surface area contributed by atoms with E-state index in [1.54, 1.807) is 29.5 Å². The first kappa shape index (κ1) is 14.4. The number of nitrogens with zero attached hydrogens (tertiary/aromatic N) is 2. The van der Waals surface area contributed by atoms with E-state index >= 15 is 0 Å². The number of carbonyl (C=O) groups is 1. The number of benzene rings is 1. The first-order chi connectivity index (χ1) is 10.1. The van der Waals surface area contributed by atoms with Crippen LogP contribution >= 0.6 is 34.5 Å². The molecular weight excluding hydrogens is 329 g/mol. The Kier molecular flexibility index (Phi) is 4.14. The van der Waals surface area contributed by atoms with E-state index in [4.69, 9.17) is 23.2 Å². The second kappa shape index (κ2) is 6.05. The van der Waals surface area contributed by atoms with Crippen molar-refractivity contribution in [2.24, 2.45) is 0 Å². The number of fused-ring (bicyclic) bond motifs is 1. The lowest BCUT2D eigenvalue weighted by Gasteiger charge is -2.05. The molecule has 2 aromatic heterocycles. The molecule has 0 saturated heterocycles. The van der Waals surface area contributed by atoms with E-state index in [-0.39, 0.29) is 12.3 Å². The second-order valence-corrected chi connectivity index (χ2v) is 6.23. The summed E-state index contributed by atoms with van der Waals surface area (Å²) in [6.45, 7) is 0.401. The Morgan fingerprint density at radius 1 is 1.38 bits per heavy atom. The third kappa shape index (κ3) is 3.37. The molecule has 21 heavy (non-hydrogen) atoms. The number of aromatic nitrogens is 2. The Hall–Kier alpha value is -1.56. The lowest BCUT2D eigenvalue weighted by Crippen LogP contribution is -2.24. The summed E-state index contributed by atoms with van der Waals surface area (Å²) in [5.41, 5.74) is 1.58. The van der Waals surface area contributed by atoms with E-state index in [1.807, 2.05) is 22.2 Å². The first-order valence-electron chi connectivity index (χ1n) is 6.23. The van der Waals surface area contributed by atoms with Gasteiger partial charge in [0, 0.05) is 27.8 Å². The van der Waals surface area contributed by atoms with Crippen LogP contribution in [0.2, 0.25) is 10.0 Å². The van der Waals surface area contributed by atoms with Crippen LogP contribution in [0.1, 0.15) is 11.3 Å². The molecule has 0 aliphatic heterocycles. The molecule has 0 bridgehead atoms. The quantitative estimate of drug-likeness (QED) is 0.789. The Balaban J connectivity index is 1.60. The number of hydrogen-bond acceptors (Lipinski definition) is 3. The van der Waals surface area contributed by atoms with Gasteiger partial charge in [-0.15, -0.1) is 11.3 Å². The number of carbonyl (C=O) groups excluding carboxylic acids is 1. The summed E-state index contributed by atoms with van der Waals surface area (Å²) < 4.78 is 1.93. The van der Waals surface area contributed by atoms with Gasteiger partial charge in [-0.05, 0) is 17.7 Å². The zero-order valence-electron chi connectivity index (χ0n) is 10.8. The van der Waals surface area contributed by atoms with Gasteiger partial charge < -0.3 is 5.32 Å². The van der Waals surface area contributed by atoms with Crippen molar-refractivity contribution in [3.63, 3.8) is 0 Å². The second-order valence-electron chi connectivity index (χ2n) is 4.51. The smallest absolute Gasteiger partial charge is 0.224 e. The molecule has 0 unspecified atom stereocenters. The van der Waals surface area contributed by atoms with Crippen LogP contribution < -0.4 is 5.32 Å². The molecular formula is C14H11Cl2N3OS. The summed E-state index contributed by atoms with van der Waals surface area (Å²) in [7, 11) is 0. The lowest BCUT2D eigenvalue weighted by atomic mass is 10.1. The number of nitrogens with one attached hydrogen (secondary N) is 1. The van der Waals surface area contributed by atoms with Crippen LogP contribution in [0.5, 0.6) is 0 Å². The van der Waals surface area contributed by atoms with Gasteiger partial charge in [-0.3, -0.25) is 9.20 Å². The van der Waals surface area contributed by atoms with Gasteiger partial charge in [0.2, 0.25) is 5.91 Å². The number of amides is 1. The molecule has 0 fully saturated rings. The monoisotopic (exact) mass is 339 g/mol. The molecule has 0 radical (unpaired) electrons. The third-order valence-electron chi connectivity index (χ3n) is 2.98. The van der Waals surface area contributed by atoms with Crippen molar-refractivity contribution in [3.05, 3.63) is 57.3 Å². The van der Waals surface area contributed by atoms with Gasteiger partial charge in [-0.1, -0.05) is 29.3 Å². The number of imidazole rings is 1. The van der Waals surface area contributed by atoms with Crippen molar-refractivity contribution in [1.29, 1.82) is 0 Å². The Labute approximate surface area is 135 Å². The zero-order chi connectivity index (χ0) is 14.8. The number of rotatable bonds is 4. The molecule has 3 rings (SSSR count). The first-order valence-corrected chi connectivity index (χ1v) is 7.87. The van der Waals surface area contributed by atoms with Crippen LogP contribution in [0.15, 0.2) is 36.0 Å². The van der Waals surface area contributed by atoms with E-state index in [1.165, 1.54) is 0 Å². The van der Waals surface area contributed by atoms with E-state index in [9.17, 15) is 4.79 Å². The summed E-state index contributed by atoms with van der Waals surface area (Å²) >= 11 is 13.4. The molecule has 0 spiro atoms. The predicted molar refractivity (Wildman–Crippen MR) is 85.1 cm³/mol. The fraction of sp³-hybridized carbons (Fsp3) is 0.143. The molecule has 0 saturated carbocycles. The molecule has 0 aliphatic carbocycles.